The molecule has 3 aliphatic rings. The lowest BCUT2D eigenvalue weighted by Crippen LogP contribution is -2.61. The number of benzene rings is 2. The highest BCUT2D eigenvalue weighted by molar-refractivity contribution is 6.30. The van der Waals surface area contributed by atoms with Crippen molar-refractivity contribution in [2.45, 2.75) is 122 Å². The van der Waals surface area contributed by atoms with Crippen molar-refractivity contribution in [3.8, 4) is 11.5 Å². The minimum atomic E-state index is -1.68. The van der Waals surface area contributed by atoms with Crippen LogP contribution in [0.1, 0.15) is 86.3 Å². The molecule has 18 heteroatoms. The first-order valence-corrected chi connectivity index (χ1v) is 23.1. The first-order chi connectivity index (χ1) is 31.3. The quantitative estimate of drug-likeness (QED) is 0.100. The van der Waals surface area contributed by atoms with Gasteiger partial charge in [-0.3, -0.25) is 0 Å². The standard InChI is InChI=1S/C48H63ClFN7O9/c1-10-61-43(58)36-20-23-54(21-11-22-55(44(59)65-46(2,3)4)24-18-30-12-17-38(35(50)26-30)62-33-15-13-32(49)14-16-33)28-31-27-37(56-25-19-34-41(51-9)52-29-53-42(34)56)40-39(31)63-48(8,64-40)57(36)45(60)66-47(5,6)7/h12-17,19,25-26,29,31,36-37,39-40H,10-11,18,20-24,27-28H2,1-9H3,(H,51,52,53)/t31-,36+,37-,39-,40+,48?/m1/s1. The highest BCUT2D eigenvalue weighted by atomic mass is 35.5. The van der Waals surface area contributed by atoms with Crippen LogP contribution in [0.15, 0.2) is 61.1 Å². The number of fused-ring (bicyclic) bond motifs is 2. The summed E-state index contributed by atoms with van der Waals surface area (Å²) in [6.07, 6.45) is 2.98. The van der Waals surface area contributed by atoms with Crippen LogP contribution in [-0.2, 0) is 34.9 Å². The molecule has 358 valence electrons. The van der Waals surface area contributed by atoms with Crippen molar-refractivity contribution in [1.29, 1.82) is 0 Å². The predicted octanol–water partition coefficient (Wildman–Crippen LogP) is 8.82. The van der Waals surface area contributed by atoms with Crippen LogP contribution in [-0.4, -0.2) is 129 Å². The number of ether oxygens (including phenoxy) is 6. The Kier molecular flexibility index (Phi) is 14.7. The number of hydrogen-bond donors (Lipinski definition) is 1. The number of esters is 1. The van der Waals surface area contributed by atoms with Gasteiger partial charge >= 0.3 is 18.2 Å². The van der Waals surface area contributed by atoms with Gasteiger partial charge in [-0.1, -0.05) is 17.7 Å². The molecule has 1 aliphatic carbocycles. The van der Waals surface area contributed by atoms with E-state index in [4.69, 9.17) is 40.0 Å². The molecule has 2 aromatic carbocycles. The molecule has 1 saturated carbocycles. The zero-order valence-corrected chi connectivity index (χ0v) is 40.1. The first kappa shape index (κ1) is 48.7. The van der Waals surface area contributed by atoms with Gasteiger partial charge < -0.3 is 48.1 Å². The number of nitrogens with one attached hydrogen (secondary N) is 1. The molecule has 2 bridgehead atoms. The number of nitrogens with zero attached hydrogens (tertiary/aromatic N) is 6. The van der Waals surface area contributed by atoms with Gasteiger partial charge in [0.1, 0.15) is 46.9 Å². The zero-order valence-electron chi connectivity index (χ0n) is 39.3. The van der Waals surface area contributed by atoms with Gasteiger partial charge in [0.15, 0.2) is 11.6 Å². The summed E-state index contributed by atoms with van der Waals surface area (Å²) in [7, 11) is 1.81. The van der Waals surface area contributed by atoms with Gasteiger partial charge in [-0.25, -0.2) is 33.6 Å². The molecule has 0 radical (unpaired) electrons. The molecule has 2 amide bonds. The number of aromatic nitrogens is 3. The van der Waals surface area contributed by atoms with Gasteiger partial charge in [0.05, 0.1) is 24.1 Å². The Morgan fingerprint density at radius 1 is 0.985 bits per heavy atom. The fourth-order valence-corrected chi connectivity index (χ4v) is 9.23. The number of carbonyl (C=O) groups excluding carboxylic acids is 3. The molecule has 4 heterocycles. The van der Waals surface area contributed by atoms with E-state index in [1.165, 1.54) is 17.3 Å². The molecule has 2 aliphatic heterocycles. The van der Waals surface area contributed by atoms with Crippen molar-refractivity contribution in [2.24, 2.45) is 5.92 Å². The molecule has 4 aromatic rings. The highest BCUT2D eigenvalue weighted by Gasteiger charge is 2.62. The number of amides is 2. The minimum Gasteiger partial charge on any atom is -0.464 e. The maximum atomic E-state index is 15.3. The first-order valence-electron chi connectivity index (χ1n) is 22.7. The van der Waals surface area contributed by atoms with Crippen molar-refractivity contribution >= 4 is 46.6 Å². The van der Waals surface area contributed by atoms with E-state index in [0.29, 0.717) is 67.6 Å². The summed E-state index contributed by atoms with van der Waals surface area (Å²) in [6, 6.07) is 12.0. The summed E-state index contributed by atoms with van der Waals surface area (Å²) in [5, 5.41) is 4.54. The maximum absolute atomic E-state index is 15.3. The average Bonchev–Trinajstić information content (AvgIpc) is 3.92. The molecule has 1 unspecified atom stereocenters. The summed E-state index contributed by atoms with van der Waals surface area (Å²) in [5.41, 5.74) is -0.240. The van der Waals surface area contributed by atoms with Crippen LogP contribution < -0.4 is 10.1 Å². The third-order valence-corrected chi connectivity index (χ3v) is 12.1. The molecule has 0 spiro atoms. The van der Waals surface area contributed by atoms with E-state index in [1.807, 2.05) is 40.1 Å². The van der Waals surface area contributed by atoms with E-state index in [1.54, 1.807) is 75.9 Å². The van der Waals surface area contributed by atoms with Gasteiger partial charge in [0.25, 0.3) is 5.91 Å². The summed E-state index contributed by atoms with van der Waals surface area (Å²) in [6.45, 7) is 16.3. The van der Waals surface area contributed by atoms with Crippen LogP contribution in [0.4, 0.5) is 19.8 Å². The molecule has 16 nitrogen and oxygen atoms in total. The van der Waals surface area contributed by atoms with E-state index < -0.39 is 59.3 Å². The van der Waals surface area contributed by atoms with E-state index >= 15 is 4.39 Å². The summed E-state index contributed by atoms with van der Waals surface area (Å²) < 4.78 is 54.3. The van der Waals surface area contributed by atoms with E-state index in [0.717, 1.165) is 11.0 Å². The minimum absolute atomic E-state index is 0.0712. The van der Waals surface area contributed by atoms with Crippen LogP contribution in [0.25, 0.3) is 11.0 Å². The molecule has 2 saturated heterocycles. The van der Waals surface area contributed by atoms with Crippen LogP contribution in [0, 0.1) is 11.7 Å². The summed E-state index contributed by atoms with van der Waals surface area (Å²) >= 11 is 5.99. The van der Waals surface area contributed by atoms with E-state index in [-0.39, 0.29) is 37.3 Å². The van der Waals surface area contributed by atoms with Crippen molar-refractivity contribution in [2.75, 3.05) is 51.7 Å². The van der Waals surface area contributed by atoms with Crippen LogP contribution in [0.2, 0.25) is 5.02 Å². The molecule has 66 heavy (non-hydrogen) atoms. The van der Waals surface area contributed by atoms with Gasteiger partial charge in [-0.15, -0.1) is 0 Å². The average molecular weight is 937 g/mol. The van der Waals surface area contributed by atoms with Gasteiger partial charge in [0.2, 0.25) is 0 Å². The Hall–Kier alpha value is -5.23. The van der Waals surface area contributed by atoms with Crippen LogP contribution >= 0.6 is 11.6 Å². The maximum Gasteiger partial charge on any atom is 0.415 e. The number of rotatable bonds is 13. The SMILES string of the molecule is CCOC(=O)[C@@H]1CCN(CCCN(CCc2ccc(Oc3ccc(Cl)cc3)c(F)c2)C(=O)OC(C)(C)C)C[C@H]2C[C@@H](n3ccc4c(NC)ncnc43)[C@@H]3OC(C)(O[C@H]23)N1C(=O)OC(C)(C)C. The highest BCUT2D eigenvalue weighted by Crippen LogP contribution is 2.50. The number of carbonyl (C=O) groups is 3. The van der Waals surface area contributed by atoms with E-state index in [9.17, 15) is 14.4 Å². The largest absolute Gasteiger partial charge is 0.464 e. The number of anilines is 1. The van der Waals surface area contributed by atoms with E-state index in [2.05, 4.69) is 24.8 Å². The molecule has 2 aromatic heterocycles. The van der Waals surface area contributed by atoms with Crippen molar-refractivity contribution in [3.63, 3.8) is 0 Å². The van der Waals surface area contributed by atoms with Gasteiger partial charge in [0, 0.05) is 57.3 Å². The second-order valence-corrected chi connectivity index (χ2v) is 19.6. The number of hydrogen-bond acceptors (Lipinski definition) is 13. The molecular weight excluding hydrogens is 873 g/mol. The second-order valence-electron chi connectivity index (χ2n) is 19.2. The summed E-state index contributed by atoms with van der Waals surface area (Å²) in [5.74, 6) is -1.67. The Morgan fingerprint density at radius 3 is 2.39 bits per heavy atom. The van der Waals surface area contributed by atoms with Crippen LogP contribution in [0.3, 0.4) is 0 Å². The molecule has 1 N–H and O–H groups in total. The molecule has 3 fully saturated rings. The lowest BCUT2D eigenvalue weighted by atomic mass is 10.0. The molecule has 7 rings (SSSR count). The monoisotopic (exact) mass is 935 g/mol. The van der Waals surface area contributed by atoms with Crippen molar-refractivity contribution in [3.05, 3.63) is 77.5 Å². The van der Waals surface area contributed by atoms with Crippen molar-refractivity contribution in [1.82, 2.24) is 29.2 Å². The third kappa shape index (κ3) is 11.3. The lowest BCUT2D eigenvalue weighted by molar-refractivity contribution is -0.268. The second kappa shape index (κ2) is 19.9. The Bertz CT molecular complexity index is 2350. The Morgan fingerprint density at radius 2 is 1.71 bits per heavy atom. The fourth-order valence-electron chi connectivity index (χ4n) is 9.10. The normalized spacial score (nSPS) is 23.4. The molecule has 6 atom stereocenters. The van der Waals surface area contributed by atoms with Gasteiger partial charge in [-0.2, -0.15) is 0 Å². The van der Waals surface area contributed by atoms with Crippen molar-refractivity contribution < 1.29 is 47.2 Å². The van der Waals surface area contributed by atoms with Gasteiger partial charge in [-0.05, 0) is 129 Å². The third-order valence-electron chi connectivity index (χ3n) is 11.9. The smallest absolute Gasteiger partial charge is 0.415 e. The Labute approximate surface area is 390 Å². The fraction of sp³-hybridized carbons (Fsp3) is 0.562. The molecular formula is C48H63ClFN7O9. The Balaban J connectivity index is 1.14. The zero-order chi connectivity index (χ0) is 47.6. The summed E-state index contributed by atoms with van der Waals surface area (Å²) in [4.78, 5) is 56.3. The predicted molar refractivity (Wildman–Crippen MR) is 246 cm³/mol. The lowest BCUT2D eigenvalue weighted by Gasteiger charge is -2.43. The topological polar surface area (TPSA) is 159 Å². The van der Waals surface area contributed by atoms with Crippen LogP contribution in [0.5, 0.6) is 11.5 Å². The number of halogens is 2.